The number of fused-ring (bicyclic) bond motifs is 6. The quantitative estimate of drug-likeness (QED) is 0.124. The number of carbonyl (C=O) groups is 1. The third-order valence-corrected chi connectivity index (χ3v) is 8.92. The molecule has 43 heavy (non-hydrogen) atoms. The molecule has 2 aliphatic rings. The van der Waals surface area contributed by atoms with E-state index in [9.17, 15) is 4.79 Å². The minimum atomic E-state index is -1.09. The zero-order chi connectivity index (χ0) is 29.8. The fourth-order valence-electron chi connectivity index (χ4n) is 6.67. The lowest BCUT2D eigenvalue weighted by atomic mass is 9.77. The molecule has 4 aromatic rings. The Hall–Kier alpha value is -4.25. The van der Waals surface area contributed by atoms with Crippen molar-refractivity contribution in [3.8, 4) is 11.5 Å². The summed E-state index contributed by atoms with van der Waals surface area (Å²) in [6.45, 7) is 9.26. The van der Waals surface area contributed by atoms with Crippen LogP contribution in [0.4, 0.5) is 17.1 Å². The molecule has 0 saturated carbocycles. The molecule has 0 aromatic heterocycles. The van der Waals surface area contributed by atoms with Gasteiger partial charge in [-0.15, -0.1) is 0 Å². The number of carbonyl (C=O) groups excluding carboxylic acids is 1. The highest BCUT2D eigenvalue weighted by atomic mass is 16.6. The van der Waals surface area contributed by atoms with Crippen molar-refractivity contribution in [2.45, 2.75) is 64.9 Å². The first-order valence-corrected chi connectivity index (χ1v) is 16.0. The lowest BCUT2D eigenvalue weighted by Crippen LogP contribution is -2.33. The van der Waals surface area contributed by atoms with E-state index in [0.717, 1.165) is 65.6 Å². The van der Waals surface area contributed by atoms with Gasteiger partial charge in [-0.3, -0.25) is 0 Å². The molecule has 1 unspecified atom stereocenters. The monoisotopic (exact) mass is 574 g/mol. The van der Waals surface area contributed by atoms with Crippen molar-refractivity contribution in [2.75, 3.05) is 29.4 Å². The molecule has 1 spiro atoms. The van der Waals surface area contributed by atoms with Crippen LogP contribution in [-0.2, 0) is 10.3 Å². The first-order valence-electron chi connectivity index (χ1n) is 16.0. The van der Waals surface area contributed by atoms with Gasteiger partial charge in [-0.05, 0) is 68.8 Å². The first-order chi connectivity index (χ1) is 21.1. The van der Waals surface area contributed by atoms with E-state index in [1.165, 1.54) is 32.1 Å². The molecule has 0 aliphatic carbocycles. The summed E-state index contributed by atoms with van der Waals surface area (Å²) in [4.78, 5) is 18.1. The van der Waals surface area contributed by atoms with Gasteiger partial charge in [0.25, 0.3) is 0 Å². The zero-order valence-electron chi connectivity index (χ0n) is 25.6. The largest absolute Gasteiger partial charge is 0.456 e. The number of unbranched alkanes of at least 4 members (excludes halogenated alkanes) is 5. The van der Waals surface area contributed by atoms with E-state index in [0.29, 0.717) is 11.3 Å². The summed E-state index contributed by atoms with van der Waals surface area (Å²) in [5, 5.41) is 0. The number of esters is 1. The Morgan fingerprint density at radius 3 is 2.14 bits per heavy atom. The fraction of sp³-hybridized carbons (Fsp3) is 0.342. The Balaban J connectivity index is 1.46. The Morgan fingerprint density at radius 1 is 0.628 bits per heavy atom. The van der Waals surface area contributed by atoms with E-state index in [-0.39, 0.29) is 5.97 Å². The highest BCUT2D eigenvalue weighted by molar-refractivity contribution is 5.97. The van der Waals surface area contributed by atoms with Crippen LogP contribution in [0.2, 0.25) is 0 Å². The summed E-state index contributed by atoms with van der Waals surface area (Å²) in [6, 6.07) is 31.0. The molecule has 0 radical (unpaired) electrons. The maximum atomic E-state index is 13.4. The molecule has 0 fully saturated rings. The summed E-state index contributed by atoms with van der Waals surface area (Å²) in [5.74, 6) is 1.13. The summed E-state index contributed by atoms with van der Waals surface area (Å²) < 4.78 is 13.1. The van der Waals surface area contributed by atoms with E-state index in [1.54, 1.807) is 0 Å². The van der Waals surface area contributed by atoms with E-state index in [2.05, 4.69) is 91.2 Å². The smallest absolute Gasteiger partial charge is 0.340 e. The molecular weight excluding hydrogens is 532 g/mol. The molecule has 1 atom stereocenters. The predicted octanol–water partition coefficient (Wildman–Crippen LogP) is 9.60. The third kappa shape index (κ3) is 5.26. The number of nitrogens with zero attached hydrogens (tertiary/aromatic N) is 2. The molecule has 4 aromatic carbocycles. The number of rotatable bonds is 12. The molecule has 5 nitrogen and oxygen atoms in total. The van der Waals surface area contributed by atoms with Gasteiger partial charge in [0.05, 0.1) is 5.56 Å². The lowest BCUT2D eigenvalue weighted by molar-refractivity contribution is 0.0224. The normalized spacial score (nSPS) is 16.2. The summed E-state index contributed by atoms with van der Waals surface area (Å²) in [5.41, 5.74) is 5.39. The molecule has 0 saturated heterocycles. The van der Waals surface area contributed by atoms with Crippen LogP contribution in [0.15, 0.2) is 91.0 Å². The summed E-state index contributed by atoms with van der Waals surface area (Å²) >= 11 is 0. The van der Waals surface area contributed by atoms with Crippen LogP contribution in [0.25, 0.3) is 0 Å². The average Bonchev–Trinajstić information content (AvgIpc) is 3.34. The van der Waals surface area contributed by atoms with Crippen LogP contribution in [-0.4, -0.2) is 25.6 Å². The Bertz CT molecular complexity index is 1580. The standard InChI is InChI=1S/C38H42N2O3/c1-4-7-8-9-10-16-25-40(28-17-12-11-13-18-28)30-22-24-35-34(26-30)38(32-20-15-14-19-31(32)37(41)43-38)33-23-21-29(27-36(33)42-35)39(5-2)6-3/h11-15,17-24,26-27H,4-10,16,25H2,1-3H3. The van der Waals surface area contributed by atoms with Gasteiger partial charge in [0.15, 0.2) is 5.60 Å². The zero-order valence-corrected chi connectivity index (χ0v) is 25.6. The number of ether oxygens (including phenoxy) is 2. The van der Waals surface area contributed by atoms with Gasteiger partial charge < -0.3 is 19.3 Å². The minimum Gasteiger partial charge on any atom is -0.456 e. The van der Waals surface area contributed by atoms with Crippen LogP contribution in [0.5, 0.6) is 11.5 Å². The van der Waals surface area contributed by atoms with Crippen molar-refractivity contribution < 1.29 is 14.3 Å². The predicted molar refractivity (Wildman–Crippen MR) is 175 cm³/mol. The molecule has 0 N–H and O–H groups in total. The Kier molecular flexibility index (Phi) is 8.42. The lowest BCUT2D eigenvalue weighted by Gasteiger charge is -2.38. The minimum absolute atomic E-state index is 0.306. The molecule has 222 valence electrons. The van der Waals surface area contributed by atoms with Crippen molar-refractivity contribution in [2.24, 2.45) is 0 Å². The van der Waals surface area contributed by atoms with E-state index in [4.69, 9.17) is 9.47 Å². The van der Waals surface area contributed by atoms with Crippen molar-refractivity contribution >= 4 is 23.0 Å². The second kappa shape index (κ2) is 12.5. The summed E-state index contributed by atoms with van der Waals surface area (Å²) in [6.07, 6.45) is 7.41. The molecule has 5 heteroatoms. The Morgan fingerprint density at radius 2 is 1.35 bits per heavy atom. The number of hydrogen-bond donors (Lipinski definition) is 0. The fourth-order valence-corrected chi connectivity index (χ4v) is 6.67. The molecule has 6 rings (SSSR count). The number of anilines is 3. The molecule has 0 amide bonds. The topological polar surface area (TPSA) is 42.0 Å². The van der Waals surface area contributed by atoms with E-state index in [1.807, 2.05) is 30.3 Å². The maximum Gasteiger partial charge on any atom is 0.340 e. The van der Waals surface area contributed by atoms with E-state index >= 15 is 0 Å². The van der Waals surface area contributed by atoms with Crippen molar-refractivity contribution in [3.63, 3.8) is 0 Å². The van der Waals surface area contributed by atoms with Gasteiger partial charge in [-0.2, -0.15) is 0 Å². The van der Waals surface area contributed by atoms with E-state index < -0.39 is 5.60 Å². The van der Waals surface area contributed by atoms with Crippen LogP contribution in [0.1, 0.15) is 86.3 Å². The Labute approximate surface area is 256 Å². The van der Waals surface area contributed by atoms with Gasteiger partial charge >= 0.3 is 5.97 Å². The van der Waals surface area contributed by atoms with Crippen LogP contribution in [0, 0.1) is 0 Å². The highest BCUT2D eigenvalue weighted by Gasteiger charge is 2.53. The SMILES string of the molecule is CCCCCCCCN(c1ccccc1)c1ccc2c(c1)C1(OC(=O)c3ccccc31)c1ccc(N(CC)CC)cc1O2. The third-order valence-electron chi connectivity index (χ3n) is 8.92. The van der Waals surface area contributed by atoms with Crippen molar-refractivity contribution in [3.05, 3.63) is 113 Å². The van der Waals surface area contributed by atoms with Gasteiger partial charge in [-0.1, -0.05) is 75.4 Å². The van der Waals surface area contributed by atoms with Crippen molar-refractivity contribution in [1.82, 2.24) is 0 Å². The average molecular weight is 575 g/mol. The molecule has 2 aliphatic heterocycles. The second-order valence-corrected chi connectivity index (χ2v) is 11.5. The van der Waals surface area contributed by atoms with Gasteiger partial charge in [0.2, 0.25) is 0 Å². The molecular formula is C38H42N2O3. The second-order valence-electron chi connectivity index (χ2n) is 11.5. The van der Waals surface area contributed by atoms with Crippen LogP contribution >= 0.6 is 0 Å². The van der Waals surface area contributed by atoms with Gasteiger partial charge in [0.1, 0.15) is 11.5 Å². The number of hydrogen-bond acceptors (Lipinski definition) is 5. The summed E-state index contributed by atoms with van der Waals surface area (Å²) in [7, 11) is 0. The van der Waals surface area contributed by atoms with Crippen molar-refractivity contribution in [1.29, 1.82) is 0 Å². The highest BCUT2D eigenvalue weighted by Crippen LogP contribution is 2.57. The number of benzene rings is 4. The van der Waals surface area contributed by atoms with Gasteiger partial charge in [-0.25, -0.2) is 4.79 Å². The molecule has 2 heterocycles. The first kappa shape index (κ1) is 28.9. The van der Waals surface area contributed by atoms with Gasteiger partial charge in [0, 0.05) is 59.5 Å². The van der Waals surface area contributed by atoms with Crippen LogP contribution in [0.3, 0.4) is 0 Å². The molecule has 0 bridgehead atoms. The number of para-hydroxylation sites is 1. The van der Waals surface area contributed by atoms with Crippen LogP contribution < -0.4 is 14.5 Å². The maximum absolute atomic E-state index is 13.4.